The second kappa shape index (κ2) is 5.43. The quantitative estimate of drug-likeness (QED) is 0.748. The van der Waals surface area contributed by atoms with Crippen LogP contribution in [0.5, 0.6) is 5.75 Å². The summed E-state index contributed by atoms with van der Waals surface area (Å²) >= 11 is 0. The van der Waals surface area contributed by atoms with E-state index in [9.17, 15) is 0 Å². The molecule has 80 valence electrons. The van der Waals surface area contributed by atoms with E-state index in [1.54, 1.807) is 0 Å². The highest BCUT2D eigenvalue weighted by molar-refractivity contribution is 5.40. The standard InChI is InChI=1S/C13H17NO/c1-10(2)15-13-6-4-5-12(9-13)8-7-11(3)14/h4-6,9-11H,14H2,1-3H3. The Hall–Kier alpha value is -1.46. The van der Waals surface area contributed by atoms with Crippen LogP contribution in [-0.2, 0) is 0 Å². The van der Waals surface area contributed by atoms with Crippen LogP contribution < -0.4 is 10.5 Å². The number of ether oxygens (including phenoxy) is 1. The van der Waals surface area contributed by atoms with Crippen molar-refractivity contribution in [2.75, 3.05) is 0 Å². The minimum atomic E-state index is -0.0975. The Morgan fingerprint density at radius 2 is 2.00 bits per heavy atom. The number of hydrogen-bond donors (Lipinski definition) is 1. The van der Waals surface area contributed by atoms with E-state index in [1.807, 2.05) is 45.0 Å². The molecule has 1 aromatic rings. The molecule has 0 heterocycles. The van der Waals surface area contributed by atoms with Gasteiger partial charge in [-0.2, -0.15) is 0 Å². The second-order valence-corrected chi connectivity index (χ2v) is 3.75. The zero-order chi connectivity index (χ0) is 11.3. The van der Waals surface area contributed by atoms with Gasteiger partial charge in [0.05, 0.1) is 12.1 Å². The monoisotopic (exact) mass is 203 g/mol. The highest BCUT2D eigenvalue weighted by atomic mass is 16.5. The van der Waals surface area contributed by atoms with Crippen molar-refractivity contribution in [2.24, 2.45) is 5.73 Å². The number of nitrogens with two attached hydrogens (primary N) is 1. The van der Waals surface area contributed by atoms with Crippen LogP contribution in [0.4, 0.5) is 0 Å². The predicted octanol–water partition coefficient (Wildman–Crippen LogP) is 2.17. The molecule has 0 radical (unpaired) electrons. The smallest absolute Gasteiger partial charge is 0.120 e. The molecule has 1 rings (SSSR count). The van der Waals surface area contributed by atoms with E-state index in [-0.39, 0.29) is 12.1 Å². The molecule has 2 nitrogen and oxygen atoms in total. The lowest BCUT2D eigenvalue weighted by Crippen LogP contribution is -2.10. The van der Waals surface area contributed by atoms with Gasteiger partial charge >= 0.3 is 0 Å². The molecule has 0 saturated heterocycles. The summed E-state index contributed by atoms with van der Waals surface area (Å²) in [7, 11) is 0. The molecule has 2 heteroatoms. The van der Waals surface area contributed by atoms with Gasteiger partial charge in [-0.05, 0) is 39.0 Å². The highest BCUT2D eigenvalue weighted by Gasteiger charge is 1.97. The molecule has 1 aromatic carbocycles. The van der Waals surface area contributed by atoms with Gasteiger partial charge in [0.1, 0.15) is 5.75 Å². The zero-order valence-corrected chi connectivity index (χ0v) is 9.45. The van der Waals surface area contributed by atoms with Crippen LogP contribution in [0.2, 0.25) is 0 Å². The first-order valence-corrected chi connectivity index (χ1v) is 5.12. The van der Waals surface area contributed by atoms with E-state index in [0.717, 1.165) is 11.3 Å². The Morgan fingerprint density at radius 3 is 2.60 bits per heavy atom. The lowest BCUT2D eigenvalue weighted by Gasteiger charge is -2.09. The van der Waals surface area contributed by atoms with Crippen molar-refractivity contribution in [3.8, 4) is 17.6 Å². The van der Waals surface area contributed by atoms with Crippen molar-refractivity contribution in [1.82, 2.24) is 0 Å². The number of benzene rings is 1. The maximum atomic E-state index is 5.56. The summed E-state index contributed by atoms with van der Waals surface area (Å²) in [6.45, 7) is 5.86. The van der Waals surface area contributed by atoms with Gasteiger partial charge in [0.2, 0.25) is 0 Å². The van der Waals surface area contributed by atoms with Crippen molar-refractivity contribution < 1.29 is 4.74 Å². The van der Waals surface area contributed by atoms with E-state index in [1.165, 1.54) is 0 Å². The summed E-state index contributed by atoms with van der Waals surface area (Å²) in [4.78, 5) is 0. The lowest BCUT2D eigenvalue weighted by atomic mass is 10.2. The molecule has 2 N–H and O–H groups in total. The first kappa shape index (κ1) is 11.6. The van der Waals surface area contributed by atoms with E-state index < -0.39 is 0 Å². The van der Waals surface area contributed by atoms with Gasteiger partial charge in [-0.1, -0.05) is 17.9 Å². The van der Waals surface area contributed by atoms with Crippen LogP contribution in [-0.4, -0.2) is 12.1 Å². The van der Waals surface area contributed by atoms with Crippen LogP contribution in [0.1, 0.15) is 26.3 Å². The zero-order valence-electron chi connectivity index (χ0n) is 9.45. The Bertz CT molecular complexity index is 372. The fraction of sp³-hybridized carbons (Fsp3) is 0.385. The predicted molar refractivity (Wildman–Crippen MR) is 62.7 cm³/mol. The topological polar surface area (TPSA) is 35.2 Å². The molecule has 0 fully saturated rings. The van der Waals surface area contributed by atoms with Crippen LogP contribution >= 0.6 is 0 Å². The van der Waals surface area contributed by atoms with E-state index in [4.69, 9.17) is 10.5 Å². The Morgan fingerprint density at radius 1 is 1.27 bits per heavy atom. The summed E-state index contributed by atoms with van der Waals surface area (Å²) in [5, 5.41) is 0. The SMILES string of the molecule is CC(N)C#Cc1cccc(OC(C)C)c1. The van der Waals surface area contributed by atoms with E-state index in [2.05, 4.69) is 11.8 Å². The molecule has 0 aliphatic carbocycles. The third-order valence-electron chi connectivity index (χ3n) is 1.65. The van der Waals surface area contributed by atoms with Crippen LogP contribution in [0, 0.1) is 11.8 Å². The van der Waals surface area contributed by atoms with Crippen molar-refractivity contribution in [2.45, 2.75) is 32.9 Å². The fourth-order valence-electron chi connectivity index (χ4n) is 1.12. The van der Waals surface area contributed by atoms with Gasteiger partial charge in [0.25, 0.3) is 0 Å². The second-order valence-electron chi connectivity index (χ2n) is 3.75. The minimum absolute atomic E-state index is 0.0975. The Labute approximate surface area is 91.4 Å². The molecule has 0 spiro atoms. The molecule has 0 aromatic heterocycles. The third kappa shape index (κ3) is 4.53. The van der Waals surface area contributed by atoms with Crippen LogP contribution in [0.3, 0.4) is 0 Å². The molecule has 0 saturated carbocycles. The lowest BCUT2D eigenvalue weighted by molar-refractivity contribution is 0.242. The fourth-order valence-corrected chi connectivity index (χ4v) is 1.12. The molecule has 15 heavy (non-hydrogen) atoms. The van der Waals surface area contributed by atoms with Crippen molar-refractivity contribution >= 4 is 0 Å². The van der Waals surface area contributed by atoms with Gasteiger partial charge < -0.3 is 10.5 Å². The normalized spacial score (nSPS) is 11.8. The Kier molecular flexibility index (Phi) is 4.20. The van der Waals surface area contributed by atoms with Gasteiger partial charge in [-0.25, -0.2) is 0 Å². The average molecular weight is 203 g/mol. The van der Waals surface area contributed by atoms with Crippen LogP contribution in [0.15, 0.2) is 24.3 Å². The van der Waals surface area contributed by atoms with Gasteiger partial charge in [0, 0.05) is 5.56 Å². The Balaban J connectivity index is 2.80. The summed E-state index contributed by atoms with van der Waals surface area (Å²) in [5.74, 6) is 6.77. The highest BCUT2D eigenvalue weighted by Crippen LogP contribution is 2.13. The first-order valence-electron chi connectivity index (χ1n) is 5.12. The molecule has 0 amide bonds. The number of hydrogen-bond acceptors (Lipinski definition) is 2. The van der Waals surface area contributed by atoms with E-state index >= 15 is 0 Å². The van der Waals surface area contributed by atoms with Crippen molar-refractivity contribution in [3.63, 3.8) is 0 Å². The summed E-state index contributed by atoms with van der Waals surface area (Å²) in [5.41, 5.74) is 6.49. The molecule has 1 atom stereocenters. The van der Waals surface area contributed by atoms with Crippen molar-refractivity contribution in [3.05, 3.63) is 29.8 Å². The van der Waals surface area contributed by atoms with Crippen molar-refractivity contribution in [1.29, 1.82) is 0 Å². The maximum Gasteiger partial charge on any atom is 0.120 e. The molecule has 0 aliphatic heterocycles. The third-order valence-corrected chi connectivity index (χ3v) is 1.65. The van der Waals surface area contributed by atoms with Gasteiger partial charge in [-0.15, -0.1) is 0 Å². The van der Waals surface area contributed by atoms with Crippen LogP contribution in [0.25, 0.3) is 0 Å². The maximum absolute atomic E-state index is 5.56. The first-order chi connectivity index (χ1) is 7.08. The molecule has 0 bridgehead atoms. The summed E-state index contributed by atoms with van der Waals surface area (Å²) < 4.78 is 5.56. The van der Waals surface area contributed by atoms with Gasteiger partial charge in [0.15, 0.2) is 0 Å². The minimum Gasteiger partial charge on any atom is -0.491 e. The average Bonchev–Trinajstić information content (AvgIpc) is 2.14. The molecule has 0 aliphatic rings. The summed E-state index contributed by atoms with van der Waals surface area (Å²) in [6, 6.07) is 7.64. The number of rotatable bonds is 2. The molecular formula is C13H17NO. The van der Waals surface area contributed by atoms with E-state index in [0.29, 0.717) is 0 Å². The molecular weight excluding hydrogens is 186 g/mol. The summed E-state index contributed by atoms with van der Waals surface area (Å²) in [6.07, 6.45) is 0.182. The molecule has 1 unspecified atom stereocenters. The van der Waals surface area contributed by atoms with Gasteiger partial charge in [-0.3, -0.25) is 0 Å². The largest absolute Gasteiger partial charge is 0.491 e.